The minimum Gasteiger partial charge on any atom is -0.361 e. The van der Waals surface area contributed by atoms with Gasteiger partial charge in [-0.05, 0) is 18.6 Å². The van der Waals surface area contributed by atoms with Crippen LogP contribution in [0.2, 0.25) is 5.02 Å². The molecule has 2 rings (SSSR count). The van der Waals surface area contributed by atoms with Gasteiger partial charge in [0.25, 0.3) is 0 Å². The molecule has 1 aromatic carbocycles. The topological polar surface area (TPSA) is 24.9 Å². The molecule has 0 saturated carbocycles. The fourth-order valence-electron chi connectivity index (χ4n) is 1.22. The highest BCUT2D eigenvalue weighted by Gasteiger charge is 2.05. The number of hydrogen-bond donors (Lipinski definition) is 1. The summed E-state index contributed by atoms with van der Waals surface area (Å²) in [4.78, 5) is 4.43. The first-order valence-corrected chi connectivity index (χ1v) is 5.79. The first-order chi connectivity index (χ1) is 6.81. The summed E-state index contributed by atoms with van der Waals surface area (Å²) in [5.74, 6) is 0. The maximum Gasteiger partial charge on any atom is 0.183 e. The Labute approximate surface area is 91.9 Å². The van der Waals surface area contributed by atoms with Gasteiger partial charge in [-0.1, -0.05) is 35.9 Å². The van der Waals surface area contributed by atoms with Crippen molar-refractivity contribution in [3.8, 4) is 0 Å². The van der Waals surface area contributed by atoms with Crippen LogP contribution in [0.3, 0.4) is 0 Å². The van der Waals surface area contributed by atoms with Crippen LogP contribution >= 0.6 is 22.9 Å². The standard InChI is InChI=1S/C10H11ClN2S/c1-2-6-12-10-13-9-7(11)4-3-5-8(9)14-10/h3-5H,2,6H2,1H3,(H,12,13). The fraction of sp³-hybridized carbons (Fsp3) is 0.300. The zero-order valence-electron chi connectivity index (χ0n) is 7.88. The molecule has 0 spiro atoms. The third-order valence-electron chi connectivity index (χ3n) is 1.90. The Morgan fingerprint density at radius 1 is 1.50 bits per heavy atom. The Morgan fingerprint density at radius 3 is 3.07 bits per heavy atom. The molecule has 14 heavy (non-hydrogen) atoms. The molecule has 0 aliphatic carbocycles. The highest BCUT2D eigenvalue weighted by atomic mass is 35.5. The summed E-state index contributed by atoms with van der Waals surface area (Å²) in [5.41, 5.74) is 0.901. The fourth-order valence-corrected chi connectivity index (χ4v) is 2.41. The van der Waals surface area contributed by atoms with E-state index in [4.69, 9.17) is 11.6 Å². The molecule has 1 heterocycles. The zero-order valence-corrected chi connectivity index (χ0v) is 9.45. The van der Waals surface area contributed by atoms with Crippen LogP contribution in [0.25, 0.3) is 10.2 Å². The van der Waals surface area contributed by atoms with Gasteiger partial charge in [0.05, 0.1) is 9.72 Å². The summed E-state index contributed by atoms with van der Waals surface area (Å²) in [6, 6.07) is 5.86. The molecule has 0 aliphatic rings. The first-order valence-electron chi connectivity index (χ1n) is 4.60. The maximum absolute atomic E-state index is 6.02. The van der Waals surface area contributed by atoms with Gasteiger partial charge < -0.3 is 5.32 Å². The normalized spacial score (nSPS) is 10.7. The minimum atomic E-state index is 0.725. The van der Waals surface area contributed by atoms with Crippen LogP contribution < -0.4 is 5.32 Å². The Morgan fingerprint density at radius 2 is 2.36 bits per heavy atom. The number of thiazole rings is 1. The molecular weight excluding hydrogens is 216 g/mol. The van der Waals surface area contributed by atoms with Gasteiger partial charge in [-0.15, -0.1) is 0 Å². The van der Waals surface area contributed by atoms with E-state index >= 15 is 0 Å². The minimum absolute atomic E-state index is 0.725. The van der Waals surface area contributed by atoms with Crippen LogP contribution in [0.4, 0.5) is 5.13 Å². The second kappa shape index (κ2) is 4.15. The maximum atomic E-state index is 6.02. The summed E-state index contributed by atoms with van der Waals surface area (Å²) in [7, 11) is 0. The molecule has 1 aromatic heterocycles. The van der Waals surface area contributed by atoms with Crippen molar-refractivity contribution < 1.29 is 0 Å². The number of rotatable bonds is 3. The van der Waals surface area contributed by atoms with E-state index in [0.29, 0.717) is 0 Å². The molecular formula is C10H11ClN2S. The average molecular weight is 227 g/mol. The van der Waals surface area contributed by atoms with Crippen molar-refractivity contribution in [2.24, 2.45) is 0 Å². The smallest absolute Gasteiger partial charge is 0.183 e. The molecule has 0 radical (unpaired) electrons. The number of benzene rings is 1. The number of halogens is 1. The van der Waals surface area contributed by atoms with Crippen LogP contribution in [0.1, 0.15) is 13.3 Å². The largest absolute Gasteiger partial charge is 0.361 e. The van der Waals surface area contributed by atoms with E-state index in [2.05, 4.69) is 17.2 Å². The summed E-state index contributed by atoms with van der Waals surface area (Å²) in [6.45, 7) is 3.09. The lowest BCUT2D eigenvalue weighted by Crippen LogP contribution is -1.98. The molecule has 0 fully saturated rings. The quantitative estimate of drug-likeness (QED) is 0.862. The lowest BCUT2D eigenvalue weighted by molar-refractivity contribution is 0.977. The van der Waals surface area contributed by atoms with Crippen LogP contribution in [0.5, 0.6) is 0 Å². The monoisotopic (exact) mass is 226 g/mol. The van der Waals surface area contributed by atoms with Gasteiger partial charge in [0.2, 0.25) is 0 Å². The van der Waals surface area contributed by atoms with Crippen LogP contribution in [0.15, 0.2) is 18.2 Å². The lowest BCUT2D eigenvalue weighted by atomic mass is 10.3. The van der Waals surface area contributed by atoms with Gasteiger partial charge >= 0.3 is 0 Å². The molecule has 1 N–H and O–H groups in total. The van der Waals surface area contributed by atoms with Gasteiger partial charge in [0, 0.05) is 6.54 Å². The van der Waals surface area contributed by atoms with Crippen molar-refractivity contribution >= 4 is 38.3 Å². The van der Waals surface area contributed by atoms with E-state index in [0.717, 1.165) is 33.3 Å². The Kier molecular flexibility index (Phi) is 2.89. The molecule has 2 nitrogen and oxygen atoms in total. The van der Waals surface area contributed by atoms with Crippen LogP contribution in [-0.4, -0.2) is 11.5 Å². The van der Waals surface area contributed by atoms with E-state index < -0.39 is 0 Å². The van der Waals surface area contributed by atoms with Crippen molar-refractivity contribution in [2.45, 2.75) is 13.3 Å². The number of nitrogens with zero attached hydrogens (tertiary/aromatic N) is 1. The van der Waals surface area contributed by atoms with Gasteiger partial charge in [0.15, 0.2) is 5.13 Å². The number of nitrogens with one attached hydrogen (secondary N) is 1. The van der Waals surface area contributed by atoms with Crippen molar-refractivity contribution in [1.29, 1.82) is 0 Å². The third kappa shape index (κ3) is 1.83. The van der Waals surface area contributed by atoms with Crippen LogP contribution in [-0.2, 0) is 0 Å². The molecule has 2 aromatic rings. The highest BCUT2D eigenvalue weighted by Crippen LogP contribution is 2.30. The summed E-state index contributed by atoms with van der Waals surface area (Å²) < 4.78 is 1.14. The summed E-state index contributed by atoms with van der Waals surface area (Å²) in [6.07, 6.45) is 1.10. The molecule has 4 heteroatoms. The first kappa shape index (κ1) is 9.74. The Balaban J connectivity index is 2.36. The van der Waals surface area contributed by atoms with E-state index in [1.807, 2.05) is 18.2 Å². The number of fused-ring (bicyclic) bond motifs is 1. The number of anilines is 1. The van der Waals surface area contributed by atoms with E-state index in [-0.39, 0.29) is 0 Å². The summed E-state index contributed by atoms with van der Waals surface area (Å²) in [5, 5.41) is 4.94. The van der Waals surface area contributed by atoms with Crippen molar-refractivity contribution in [3.63, 3.8) is 0 Å². The van der Waals surface area contributed by atoms with E-state index in [1.165, 1.54) is 0 Å². The second-order valence-corrected chi connectivity index (χ2v) is 4.47. The van der Waals surface area contributed by atoms with Gasteiger partial charge in [-0.2, -0.15) is 0 Å². The summed E-state index contributed by atoms with van der Waals surface area (Å²) >= 11 is 7.67. The number of para-hydroxylation sites is 1. The van der Waals surface area contributed by atoms with Crippen molar-refractivity contribution in [2.75, 3.05) is 11.9 Å². The van der Waals surface area contributed by atoms with E-state index in [1.54, 1.807) is 11.3 Å². The second-order valence-electron chi connectivity index (χ2n) is 3.03. The highest BCUT2D eigenvalue weighted by molar-refractivity contribution is 7.22. The molecule has 0 amide bonds. The molecule has 0 atom stereocenters. The van der Waals surface area contributed by atoms with E-state index in [9.17, 15) is 0 Å². The Hall–Kier alpha value is -0.800. The zero-order chi connectivity index (χ0) is 9.97. The van der Waals surface area contributed by atoms with Crippen molar-refractivity contribution in [1.82, 2.24) is 4.98 Å². The van der Waals surface area contributed by atoms with Crippen molar-refractivity contribution in [3.05, 3.63) is 23.2 Å². The third-order valence-corrected chi connectivity index (χ3v) is 3.18. The SMILES string of the molecule is CCCNc1nc2c(Cl)cccc2s1. The van der Waals surface area contributed by atoms with Gasteiger partial charge in [-0.25, -0.2) is 4.98 Å². The molecule has 74 valence electrons. The lowest BCUT2D eigenvalue weighted by Gasteiger charge is -1.96. The molecule has 0 saturated heterocycles. The molecule has 0 aliphatic heterocycles. The predicted octanol–water partition coefficient (Wildman–Crippen LogP) is 3.77. The van der Waals surface area contributed by atoms with Gasteiger partial charge in [0.1, 0.15) is 5.52 Å². The molecule has 0 bridgehead atoms. The molecule has 0 unspecified atom stereocenters. The van der Waals surface area contributed by atoms with Gasteiger partial charge in [-0.3, -0.25) is 0 Å². The average Bonchev–Trinajstić information content (AvgIpc) is 2.59. The number of aromatic nitrogens is 1. The Bertz CT molecular complexity index is 439. The van der Waals surface area contributed by atoms with Crippen LogP contribution in [0, 0.1) is 0 Å². The number of hydrogen-bond acceptors (Lipinski definition) is 3. The predicted molar refractivity (Wildman–Crippen MR) is 63.4 cm³/mol.